The van der Waals surface area contributed by atoms with Crippen molar-refractivity contribution in [1.29, 1.82) is 0 Å². The van der Waals surface area contributed by atoms with Gasteiger partial charge in [-0.15, -0.1) is 11.8 Å². The molecule has 0 radical (unpaired) electrons. The Morgan fingerprint density at radius 1 is 0.902 bits per heavy atom. The molecule has 1 heterocycles. The first kappa shape index (κ1) is 27.7. The molecule has 4 aromatic carbocycles. The third-order valence-electron chi connectivity index (χ3n) is 6.60. The van der Waals surface area contributed by atoms with Crippen molar-refractivity contribution in [2.75, 3.05) is 29.6 Å². The van der Waals surface area contributed by atoms with E-state index >= 15 is 0 Å². The molecule has 41 heavy (non-hydrogen) atoms. The summed E-state index contributed by atoms with van der Waals surface area (Å²) in [4.78, 5) is 41.8. The standard InChI is InChI=1S/C33H29N3O4S/c1-40-27-12-7-8-23(20-27)21-29(35-32(38)25-10-3-2-4-11-25)33(39)34-26-14-16-28(17-15-26)41-22-31(37)36-19-18-24-9-5-6-13-30(24)36/h2-17,20-21H,18-19,22H2,1H3,(H,34,39)(H,35,38)/b29-21-. The fourth-order valence-corrected chi connectivity index (χ4v) is 5.27. The lowest BCUT2D eigenvalue weighted by Crippen LogP contribution is -2.30. The van der Waals surface area contributed by atoms with Crippen molar-refractivity contribution in [1.82, 2.24) is 5.32 Å². The Labute approximate surface area is 243 Å². The van der Waals surface area contributed by atoms with Gasteiger partial charge < -0.3 is 20.3 Å². The van der Waals surface area contributed by atoms with Crippen molar-refractivity contribution in [3.05, 3.63) is 126 Å². The molecule has 0 fully saturated rings. The number of hydrogen-bond acceptors (Lipinski definition) is 5. The van der Waals surface area contributed by atoms with Crippen LogP contribution in [0.25, 0.3) is 6.08 Å². The van der Waals surface area contributed by atoms with E-state index in [9.17, 15) is 14.4 Å². The van der Waals surface area contributed by atoms with Crippen molar-refractivity contribution < 1.29 is 19.1 Å². The molecule has 2 N–H and O–H groups in total. The largest absolute Gasteiger partial charge is 0.497 e. The van der Waals surface area contributed by atoms with Gasteiger partial charge in [-0.3, -0.25) is 14.4 Å². The van der Waals surface area contributed by atoms with E-state index < -0.39 is 11.8 Å². The predicted octanol–water partition coefficient (Wildman–Crippen LogP) is 5.79. The van der Waals surface area contributed by atoms with Crippen LogP contribution in [0, 0.1) is 0 Å². The highest BCUT2D eigenvalue weighted by molar-refractivity contribution is 8.00. The summed E-state index contributed by atoms with van der Waals surface area (Å²) in [7, 11) is 1.57. The zero-order valence-electron chi connectivity index (χ0n) is 22.5. The third kappa shape index (κ3) is 7.04. The summed E-state index contributed by atoms with van der Waals surface area (Å²) in [5, 5.41) is 5.60. The van der Waals surface area contributed by atoms with Gasteiger partial charge >= 0.3 is 0 Å². The topological polar surface area (TPSA) is 87.7 Å². The highest BCUT2D eigenvalue weighted by atomic mass is 32.2. The molecule has 0 spiro atoms. The highest BCUT2D eigenvalue weighted by Crippen LogP contribution is 2.29. The number of nitrogens with zero attached hydrogens (tertiary/aromatic N) is 1. The molecule has 0 bridgehead atoms. The van der Waals surface area contributed by atoms with Gasteiger partial charge in [-0.05, 0) is 78.2 Å². The number of nitrogens with one attached hydrogen (secondary N) is 2. The molecule has 8 heteroatoms. The number of methoxy groups -OCH3 is 1. The van der Waals surface area contributed by atoms with Crippen LogP contribution in [0.4, 0.5) is 11.4 Å². The average Bonchev–Trinajstić information content (AvgIpc) is 3.45. The Morgan fingerprint density at radius 2 is 1.66 bits per heavy atom. The van der Waals surface area contributed by atoms with E-state index in [2.05, 4.69) is 16.7 Å². The van der Waals surface area contributed by atoms with E-state index in [1.165, 1.54) is 17.3 Å². The zero-order chi connectivity index (χ0) is 28.6. The first-order chi connectivity index (χ1) is 20.0. The summed E-state index contributed by atoms with van der Waals surface area (Å²) >= 11 is 1.45. The lowest BCUT2D eigenvalue weighted by Gasteiger charge is -2.17. The average molecular weight is 564 g/mol. The molecular weight excluding hydrogens is 534 g/mol. The van der Waals surface area contributed by atoms with E-state index in [-0.39, 0.29) is 11.6 Å². The molecule has 206 valence electrons. The summed E-state index contributed by atoms with van der Waals surface area (Å²) < 4.78 is 5.29. The monoisotopic (exact) mass is 563 g/mol. The Hall–Kier alpha value is -4.82. The minimum atomic E-state index is -0.472. The van der Waals surface area contributed by atoms with Gasteiger partial charge in [0, 0.05) is 28.4 Å². The van der Waals surface area contributed by atoms with E-state index in [4.69, 9.17) is 4.74 Å². The molecule has 0 saturated heterocycles. The fraction of sp³-hybridized carbons (Fsp3) is 0.121. The van der Waals surface area contributed by atoms with Gasteiger partial charge in [0.05, 0.1) is 12.9 Å². The van der Waals surface area contributed by atoms with Gasteiger partial charge in [0.25, 0.3) is 11.8 Å². The second kappa shape index (κ2) is 13.0. The number of thioether (sulfide) groups is 1. The second-order valence-electron chi connectivity index (χ2n) is 9.35. The number of benzene rings is 4. The van der Waals surface area contributed by atoms with Crippen LogP contribution in [0.1, 0.15) is 21.5 Å². The highest BCUT2D eigenvalue weighted by Gasteiger charge is 2.24. The Balaban J connectivity index is 1.25. The summed E-state index contributed by atoms with van der Waals surface area (Å²) in [6.07, 6.45) is 2.48. The van der Waals surface area contributed by atoms with E-state index in [1.54, 1.807) is 61.7 Å². The molecular formula is C33H29N3O4S. The maximum Gasteiger partial charge on any atom is 0.272 e. The number of rotatable bonds is 9. The molecule has 0 aromatic heterocycles. The number of carbonyl (C=O) groups excluding carboxylic acids is 3. The first-order valence-electron chi connectivity index (χ1n) is 13.1. The van der Waals surface area contributed by atoms with E-state index in [1.807, 2.05) is 53.4 Å². The van der Waals surface area contributed by atoms with Crippen LogP contribution < -0.4 is 20.3 Å². The fourth-order valence-electron chi connectivity index (χ4n) is 4.49. The number of anilines is 2. The van der Waals surface area contributed by atoms with Gasteiger partial charge in [0.1, 0.15) is 11.4 Å². The zero-order valence-corrected chi connectivity index (χ0v) is 23.3. The van der Waals surface area contributed by atoms with Crippen LogP contribution in [0.15, 0.2) is 114 Å². The van der Waals surface area contributed by atoms with Gasteiger partial charge in [-0.25, -0.2) is 0 Å². The van der Waals surface area contributed by atoms with Gasteiger partial charge in [0.2, 0.25) is 5.91 Å². The predicted molar refractivity (Wildman–Crippen MR) is 163 cm³/mol. The molecule has 0 saturated carbocycles. The minimum Gasteiger partial charge on any atom is -0.497 e. The smallest absolute Gasteiger partial charge is 0.272 e. The number of amides is 3. The molecule has 1 aliphatic rings. The normalized spacial score (nSPS) is 12.4. The molecule has 7 nitrogen and oxygen atoms in total. The van der Waals surface area contributed by atoms with Crippen LogP contribution in [-0.2, 0) is 16.0 Å². The van der Waals surface area contributed by atoms with E-state index in [0.717, 1.165) is 17.0 Å². The second-order valence-corrected chi connectivity index (χ2v) is 10.4. The number of para-hydroxylation sites is 1. The van der Waals surface area contributed by atoms with Crippen molar-refractivity contribution >= 4 is 46.9 Å². The molecule has 4 aromatic rings. The summed E-state index contributed by atoms with van der Waals surface area (Å²) in [5.41, 5.74) is 3.97. The van der Waals surface area contributed by atoms with Crippen LogP contribution >= 0.6 is 11.8 Å². The quantitative estimate of drug-likeness (QED) is 0.199. The molecule has 0 aliphatic carbocycles. The Morgan fingerprint density at radius 3 is 2.44 bits per heavy atom. The Kier molecular flexibility index (Phi) is 8.81. The van der Waals surface area contributed by atoms with Gasteiger partial charge in [-0.2, -0.15) is 0 Å². The van der Waals surface area contributed by atoms with E-state index in [0.29, 0.717) is 34.9 Å². The lowest BCUT2D eigenvalue weighted by molar-refractivity contribution is -0.116. The van der Waals surface area contributed by atoms with Crippen molar-refractivity contribution in [3.63, 3.8) is 0 Å². The van der Waals surface area contributed by atoms with Gasteiger partial charge in [0.15, 0.2) is 0 Å². The van der Waals surface area contributed by atoms with Crippen LogP contribution in [0.3, 0.4) is 0 Å². The van der Waals surface area contributed by atoms with Crippen LogP contribution in [-0.4, -0.2) is 37.1 Å². The Bertz CT molecular complexity index is 1590. The molecule has 0 atom stereocenters. The number of fused-ring (bicyclic) bond motifs is 1. The first-order valence-corrected chi connectivity index (χ1v) is 14.1. The summed E-state index contributed by atoms with van der Waals surface area (Å²) in [6.45, 7) is 0.704. The number of hydrogen-bond donors (Lipinski definition) is 2. The lowest BCUT2D eigenvalue weighted by atomic mass is 10.1. The summed E-state index contributed by atoms with van der Waals surface area (Å²) in [5.74, 6) is 0.151. The van der Waals surface area contributed by atoms with Crippen molar-refractivity contribution in [2.45, 2.75) is 11.3 Å². The molecule has 0 unspecified atom stereocenters. The number of ether oxygens (including phenoxy) is 1. The summed E-state index contributed by atoms with van der Waals surface area (Å²) in [6, 6.07) is 31.2. The van der Waals surface area contributed by atoms with Crippen LogP contribution in [0.2, 0.25) is 0 Å². The third-order valence-corrected chi connectivity index (χ3v) is 7.59. The van der Waals surface area contributed by atoms with Crippen molar-refractivity contribution in [3.8, 4) is 5.75 Å². The molecule has 3 amide bonds. The van der Waals surface area contributed by atoms with Gasteiger partial charge in [-0.1, -0.05) is 48.5 Å². The van der Waals surface area contributed by atoms with Crippen molar-refractivity contribution in [2.24, 2.45) is 0 Å². The number of carbonyl (C=O) groups is 3. The van der Waals surface area contributed by atoms with Crippen LogP contribution in [0.5, 0.6) is 5.75 Å². The minimum absolute atomic E-state index is 0.0683. The molecule has 5 rings (SSSR count). The SMILES string of the molecule is COc1cccc(/C=C(\NC(=O)c2ccccc2)C(=O)Nc2ccc(SCC(=O)N3CCc4ccccc43)cc2)c1. The maximum atomic E-state index is 13.3. The molecule has 1 aliphatic heterocycles. The maximum absolute atomic E-state index is 13.3.